The summed E-state index contributed by atoms with van der Waals surface area (Å²) in [6, 6.07) is 7.92. The summed E-state index contributed by atoms with van der Waals surface area (Å²) in [5, 5.41) is 2.77. The zero-order valence-electron chi connectivity index (χ0n) is 12.5. The highest BCUT2D eigenvalue weighted by atomic mass is 19.3. The van der Waals surface area contributed by atoms with Gasteiger partial charge in [-0.2, -0.15) is 8.78 Å². The van der Waals surface area contributed by atoms with Crippen LogP contribution in [0.15, 0.2) is 42.7 Å². The molecule has 7 heteroatoms. The molecular formula is C16H16F2N2O3. The van der Waals surface area contributed by atoms with Crippen molar-refractivity contribution in [2.45, 2.75) is 13.0 Å². The van der Waals surface area contributed by atoms with Crippen LogP contribution in [0.1, 0.15) is 15.9 Å². The number of hydrogen-bond donors (Lipinski definition) is 1. The van der Waals surface area contributed by atoms with Crippen LogP contribution in [0.2, 0.25) is 0 Å². The van der Waals surface area contributed by atoms with Crippen molar-refractivity contribution in [1.82, 2.24) is 10.3 Å². The Labute approximate surface area is 132 Å². The Morgan fingerprint density at radius 1 is 1.22 bits per heavy atom. The number of pyridine rings is 1. The molecule has 0 saturated heterocycles. The molecule has 2 rings (SSSR count). The van der Waals surface area contributed by atoms with Gasteiger partial charge in [0.05, 0.1) is 7.11 Å². The van der Waals surface area contributed by atoms with Crippen LogP contribution in [0.4, 0.5) is 8.78 Å². The largest absolute Gasteiger partial charge is 0.493 e. The molecule has 1 aromatic carbocycles. The van der Waals surface area contributed by atoms with Crippen molar-refractivity contribution < 1.29 is 23.0 Å². The topological polar surface area (TPSA) is 60.5 Å². The third kappa shape index (κ3) is 4.91. The van der Waals surface area contributed by atoms with Crippen LogP contribution in [-0.4, -0.2) is 31.2 Å². The molecule has 0 radical (unpaired) electrons. The van der Waals surface area contributed by atoms with Crippen molar-refractivity contribution >= 4 is 5.91 Å². The summed E-state index contributed by atoms with van der Waals surface area (Å²) in [7, 11) is 1.38. The molecule has 1 N–H and O–H groups in total. The number of halogens is 2. The highest BCUT2D eigenvalue weighted by Gasteiger charge is 2.11. The van der Waals surface area contributed by atoms with E-state index in [4.69, 9.17) is 4.74 Å². The van der Waals surface area contributed by atoms with Gasteiger partial charge >= 0.3 is 6.61 Å². The molecule has 0 fully saturated rings. The van der Waals surface area contributed by atoms with Crippen LogP contribution < -0.4 is 14.8 Å². The molecule has 0 bridgehead atoms. The summed E-state index contributed by atoms with van der Waals surface area (Å²) in [5.74, 6) is 0.00681. The maximum atomic E-state index is 12.3. The molecule has 2 aromatic rings. The van der Waals surface area contributed by atoms with Gasteiger partial charge < -0.3 is 14.8 Å². The lowest BCUT2D eigenvalue weighted by Crippen LogP contribution is -2.25. The van der Waals surface area contributed by atoms with Crippen LogP contribution in [0, 0.1) is 0 Å². The Morgan fingerprint density at radius 3 is 2.61 bits per heavy atom. The molecule has 0 aliphatic rings. The van der Waals surface area contributed by atoms with Crippen LogP contribution in [-0.2, 0) is 6.42 Å². The second-order valence-electron chi connectivity index (χ2n) is 4.61. The first kappa shape index (κ1) is 16.7. The van der Waals surface area contributed by atoms with Crippen molar-refractivity contribution in [1.29, 1.82) is 0 Å². The number of nitrogens with one attached hydrogen (secondary N) is 1. The molecule has 0 aliphatic heterocycles. The van der Waals surface area contributed by atoms with E-state index < -0.39 is 6.61 Å². The average Bonchev–Trinajstić information content (AvgIpc) is 2.56. The van der Waals surface area contributed by atoms with E-state index >= 15 is 0 Å². The van der Waals surface area contributed by atoms with Gasteiger partial charge in [-0.15, -0.1) is 0 Å². The first-order valence-corrected chi connectivity index (χ1v) is 6.90. The molecule has 1 aromatic heterocycles. The molecule has 23 heavy (non-hydrogen) atoms. The monoisotopic (exact) mass is 322 g/mol. The first-order valence-electron chi connectivity index (χ1n) is 6.90. The van der Waals surface area contributed by atoms with E-state index in [1.165, 1.54) is 13.2 Å². The van der Waals surface area contributed by atoms with Gasteiger partial charge in [-0.1, -0.05) is 6.07 Å². The van der Waals surface area contributed by atoms with Gasteiger partial charge in [0.2, 0.25) is 0 Å². The summed E-state index contributed by atoms with van der Waals surface area (Å²) in [5.41, 5.74) is 1.36. The van der Waals surface area contributed by atoms with Gasteiger partial charge in [-0.3, -0.25) is 9.78 Å². The maximum Gasteiger partial charge on any atom is 0.387 e. The molecule has 0 aliphatic carbocycles. The zero-order valence-corrected chi connectivity index (χ0v) is 12.5. The Balaban J connectivity index is 1.92. The molecule has 0 atom stereocenters. The molecule has 0 spiro atoms. The fourth-order valence-electron chi connectivity index (χ4n) is 1.99. The summed E-state index contributed by atoms with van der Waals surface area (Å²) >= 11 is 0. The molecule has 1 amide bonds. The Morgan fingerprint density at radius 2 is 1.96 bits per heavy atom. The van der Waals surface area contributed by atoms with E-state index in [0.717, 1.165) is 5.56 Å². The Kier molecular flexibility index (Phi) is 5.85. The van der Waals surface area contributed by atoms with E-state index in [9.17, 15) is 13.6 Å². The summed E-state index contributed by atoms with van der Waals surface area (Å²) < 4.78 is 33.9. The van der Waals surface area contributed by atoms with Gasteiger partial charge in [0.15, 0.2) is 11.5 Å². The van der Waals surface area contributed by atoms with Gasteiger partial charge in [0.25, 0.3) is 5.91 Å². The van der Waals surface area contributed by atoms with Crippen molar-refractivity contribution in [3.8, 4) is 11.5 Å². The molecule has 1 heterocycles. The standard InChI is InChI=1S/C16H16F2N2O3/c1-22-14-10-11(2-3-13(14)23-16(17)18)4-9-20-15(21)12-5-7-19-8-6-12/h2-3,5-8,10,16H,4,9H2,1H3,(H,20,21). The maximum absolute atomic E-state index is 12.3. The first-order chi connectivity index (χ1) is 11.1. The van der Waals surface area contributed by atoms with Crippen LogP contribution >= 0.6 is 0 Å². The third-order valence-electron chi connectivity index (χ3n) is 3.09. The molecule has 122 valence electrons. The smallest absolute Gasteiger partial charge is 0.387 e. The van der Waals surface area contributed by atoms with Crippen LogP contribution in [0.3, 0.4) is 0 Å². The highest BCUT2D eigenvalue weighted by Crippen LogP contribution is 2.29. The quantitative estimate of drug-likeness (QED) is 0.851. The van der Waals surface area contributed by atoms with Gasteiger partial charge in [-0.05, 0) is 36.2 Å². The number of hydrogen-bond acceptors (Lipinski definition) is 4. The lowest BCUT2D eigenvalue weighted by molar-refractivity contribution is -0.0512. The fraction of sp³-hybridized carbons (Fsp3) is 0.250. The summed E-state index contributed by atoms with van der Waals surface area (Å²) in [4.78, 5) is 15.7. The lowest BCUT2D eigenvalue weighted by atomic mass is 10.1. The second-order valence-corrected chi connectivity index (χ2v) is 4.61. The summed E-state index contributed by atoms with van der Waals surface area (Å²) in [6.07, 6.45) is 3.62. The van der Waals surface area contributed by atoms with E-state index in [2.05, 4.69) is 15.0 Å². The van der Waals surface area contributed by atoms with E-state index in [-0.39, 0.29) is 17.4 Å². The summed E-state index contributed by atoms with van der Waals surface area (Å²) in [6.45, 7) is -2.51. The van der Waals surface area contributed by atoms with Crippen molar-refractivity contribution in [2.24, 2.45) is 0 Å². The van der Waals surface area contributed by atoms with E-state index in [1.54, 1.807) is 36.7 Å². The van der Waals surface area contributed by atoms with Crippen molar-refractivity contribution in [3.05, 3.63) is 53.9 Å². The number of carbonyl (C=O) groups is 1. The number of rotatable bonds is 7. The number of ether oxygens (including phenoxy) is 2. The van der Waals surface area contributed by atoms with Crippen molar-refractivity contribution in [2.75, 3.05) is 13.7 Å². The normalized spacial score (nSPS) is 10.4. The van der Waals surface area contributed by atoms with E-state index in [1.807, 2.05) is 0 Å². The predicted molar refractivity (Wildman–Crippen MR) is 79.9 cm³/mol. The zero-order chi connectivity index (χ0) is 16.7. The second kappa shape index (κ2) is 8.07. The number of nitrogens with zero attached hydrogens (tertiary/aromatic N) is 1. The SMILES string of the molecule is COc1cc(CCNC(=O)c2ccncc2)ccc1OC(F)F. The molecule has 0 saturated carbocycles. The number of benzene rings is 1. The van der Waals surface area contributed by atoms with Crippen LogP contribution in [0.25, 0.3) is 0 Å². The predicted octanol–water partition coefficient (Wildman–Crippen LogP) is 2.66. The lowest BCUT2D eigenvalue weighted by Gasteiger charge is -2.11. The fourth-order valence-corrected chi connectivity index (χ4v) is 1.99. The van der Waals surface area contributed by atoms with Gasteiger partial charge in [-0.25, -0.2) is 0 Å². The Bertz CT molecular complexity index is 651. The highest BCUT2D eigenvalue weighted by molar-refractivity contribution is 5.93. The Hall–Kier alpha value is -2.70. The molecular weight excluding hydrogens is 306 g/mol. The number of methoxy groups -OCH3 is 1. The average molecular weight is 322 g/mol. The minimum absolute atomic E-state index is 0.0212. The molecule has 0 unspecified atom stereocenters. The molecule has 5 nitrogen and oxygen atoms in total. The van der Waals surface area contributed by atoms with Crippen molar-refractivity contribution in [3.63, 3.8) is 0 Å². The third-order valence-corrected chi connectivity index (χ3v) is 3.09. The van der Waals surface area contributed by atoms with E-state index in [0.29, 0.717) is 18.5 Å². The number of amides is 1. The van der Waals surface area contributed by atoms with Gasteiger partial charge in [0.1, 0.15) is 0 Å². The minimum Gasteiger partial charge on any atom is -0.493 e. The number of carbonyl (C=O) groups excluding carboxylic acids is 1. The minimum atomic E-state index is -2.91. The number of aromatic nitrogens is 1. The number of alkyl halides is 2. The van der Waals surface area contributed by atoms with Gasteiger partial charge in [0, 0.05) is 24.5 Å². The van der Waals surface area contributed by atoms with Crippen LogP contribution in [0.5, 0.6) is 11.5 Å².